The fourth-order valence-corrected chi connectivity index (χ4v) is 0.981. The van der Waals surface area contributed by atoms with Crippen molar-refractivity contribution >= 4 is 5.97 Å². The van der Waals surface area contributed by atoms with E-state index < -0.39 is 12.3 Å². The van der Waals surface area contributed by atoms with Gasteiger partial charge in [0.2, 0.25) is 6.29 Å². The molecule has 0 rings (SSSR count). The molecule has 0 aromatic carbocycles. The molecule has 0 aromatic heterocycles. The molecular formula is C10H18O5. The van der Waals surface area contributed by atoms with Gasteiger partial charge >= 0.3 is 5.97 Å². The molecule has 0 spiro atoms. The van der Waals surface area contributed by atoms with Gasteiger partial charge in [0.25, 0.3) is 0 Å². The fourth-order valence-electron chi connectivity index (χ4n) is 0.981. The molecule has 0 amide bonds. The summed E-state index contributed by atoms with van der Waals surface area (Å²) in [6.07, 6.45) is 0.218. The lowest BCUT2D eigenvalue weighted by Gasteiger charge is -2.19. The highest BCUT2D eigenvalue weighted by Crippen LogP contribution is 2.10. The molecule has 0 saturated carbocycles. The average molecular weight is 218 g/mol. The van der Waals surface area contributed by atoms with Gasteiger partial charge in [0.05, 0.1) is 12.7 Å². The van der Waals surface area contributed by atoms with Crippen molar-refractivity contribution < 1.29 is 24.1 Å². The smallest absolute Gasteiger partial charge is 0.331 e. The quantitative estimate of drug-likeness (QED) is 0.379. The zero-order valence-electron chi connectivity index (χ0n) is 9.36. The van der Waals surface area contributed by atoms with Crippen LogP contribution in [0.25, 0.3) is 0 Å². The molecule has 0 fully saturated rings. The Morgan fingerprint density at radius 3 is 2.07 bits per heavy atom. The highest BCUT2D eigenvalue weighted by molar-refractivity contribution is 5.80. The Hall–Kier alpha value is -1.07. The number of rotatable bonds is 8. The molecule has 0 aromatic rings. The number of carbonyl (C=O) groups is 1. The van der Waals surface area contributed by atoms with Crippen LogP contribution in [-0.4, -0.2) is 37.2 Å². The van der Waals surface area contributed by atoms with Gasteiger partial charge in [-0.05, 0) is 20.8 Å². The number of carboxylic acids is 1. The summed E-state index contributed by atoms with van der Waals surface area (Å²) in [5.74, 6) is -0.892. The Morgan fingerprint density at radius 2 is 1.73 bits per heavy atom. The maximum atomic E-state index is 10.5. The summed E-state index contributed by atoms with van der Waals surface area (Å²) in [7, 11) is 0. The second-order valence-corrected chi connectivity index (χ2v) is 2.56. The van der Waals surface area contributed by atoms with E-state index >= 15 is 0 Å². The molecule has 0 atom stereocenters. The summed E-state index contributed by atoms with van der Waals surface area (Å²) >= 11 is 0. The summed E-state index contributed by atoms with van der Waals surface area (Å²) in [6.45, 7) is 6.59. The minimum Gasteiger partial charge on any atom is -0.493 e. The number of ether oxygens (including phenoxy) is 3. The Kier molecular flexibility index (Phi) is 7.67. The standard InChI is InChI=1S/C10H18O5/c1-4-13-8(7-9(11)12)10(14-5-2)15-6-3/h7,10H,4-6H2,1-3H3,(H,11,12)/b8-7-. The van der Waals surface area contributed by atoms with Crippen LogP contribution in [0.4, 0.5) is 0 Å². The number of aliphatic carboxylic acids is 1. The van der Waals surface area contributed by atoms with Crippen molar-refractivity contribution in [2.75, 3.05) is 19.8 Å². The lowest BCUT2D eigenvalue weighted by molar-refractivity contribution is -0.141. The molecule has 15 heavy (non-hydrogen) atoms. The molecule has 0 saturated heterocycles. The van der Waals surface area contributed by atoms with Crippen molar-refractivity contribution in [3.8, 4) is 0 Å². The van der Waals surface area contributed by atoms with Crippen molar-refractivity contribution in [3.63, 3.8) is 0 Å². The third-order valence-corrected chi connectivity index (χ3v) is 1.45. The first kappa shape index (κ1) is 13.9. The zero-order valence-corrected chi connectivity index (χ0v) is 9.36. The molecule has 1 N–H and O–H groups in total. The summed E-state index contributed by atoms with van der Waals surface area (Å²) in [5, 5.41) is 8.63. The SMILES string of the molecule is CCO/C(=C\C(=O)O)C(OCC)OCC. The van der Waals surface area contributed by atoms with Crippen molar-refractivity contribution in [1.82, 2.24) is 0 Å². The van der Waals surface area contributed by atoms with Gasteiger partial charge in [-0.3, -0.25) is 0 Å². The van der Waals surface area contributed by atoms with Crippen LogP contribution in [0, 0.1) is 0 Å². The van der Waals surface area contributed by atoms with Crippen LogP contribution in [-0.2, 0) is 19.0 Å². The van der Waals surface area contributed by atoms with Crippen LogP contribution >= 0.6 is 0 Å². The van der Waals surface area contributed by atoms with E-state index in [9.17, 15) is 4.79 Å². The van der Waals surface area contributed by atoms with E-state index in [1.165, 1.54) is 0 Å². The molecule has 0 heterocycles. The zero-order chi connectivity index (χ0) is 11.7. The highest BCUT2D eigenvalue weighted by Gasteiger charge is 2.17. The molecule has 88 valence electrons. The maximum Gasteiger partial charge on any atom is 0.331 e. The van der Waals surface area contributed by atoms with Gasteiger partial charge in [-0.1, -0.05) is 0 Å². The lowest BCUT2D eigenvalue weighted by atomic mass is 10.4. The molecule has 5 heteroatoms. The minimum atomic E-state index is -1.08. The van der Waals surface area contributed by atoms with Gasteiger partial charge in [0.1, 0.15) is 0 Å². The van der Waals surface area contributed by atoms with E-state index in [1.807, 2.05) is 0 Å². The normalized spacial score (nSPS) is 11.9. The van der Waals surface area contributed by atoms with E-state index in [2.05, 4.69) is 0 Å². The van der Waals surface area contributed by atoms with E-state index in [0.717, 1.165) is 6.08 Å². The Morgan fingerprint density at radius 1 is 1.20 bits per heavy atom. The monoisotopic (exact) mass is 218 g/mol. The van der Waals surface area contributed by atoms with Crippen LogP contribution in [0.5, 0.6) is 0 Å². The summed E-state index contributed by atoms with van der Waals surface area (Å²) in [6, 6.07) is 0. The average Bonchev–Trinajstić information content (AvgIpc) is 2.16. The van der Waals surface area contributed by atoms with Gasteiger partial charge in [0, 0.05) is 13.2 Å². The summed E-state index contributed by atoms with van der Waals surface area (Å²) < 4.78 is 15.6. The number of carboxylic acid groups (broad SMARTS) is 1. The van der Waals surface area contributed by atoms with Crippen LogP contribution in [0.3, 0.4) is 0 Å². The van der Waals surface area contributed by atoms with Crippen LogP contribution in [0.1, 0.15) is 20.8 Å². The second kappa shape index (κ2) is 8.26. The number of hydrogen-bond donors (Lipinski definition) is 1. The summed E-state index contributed by atoms with van der Waals surface area (Å²) in [4.78, 5) is 10.5. The molecule has 0 unspecified atom stereocenters. The molecule has 0 aliphatic rings. The van der Waals surface area contributed by atoms with Crippen molar-refractivity contribution in [1.29, 1.82) is 0 Å². The molecule has 0 aliphatic carbocycles. The molecule has 0 radical (unpaired) electrons. The molecule has 0 bridgehead atoms. The topological polar surface area (TPSA) is 65.0 Å². The van der Waals surface area contributed by atoms with Crippen LogP contribution in [0.2, 0.25) is 0 Å². The van der Waals surface area contributed by atoms with E-state index in [-0.39, 0.29) is 5.76 Å². The first-order chi connectivity index (χ1) is 7.15. The fraction of sp³-hybridized carbons (Fsp3) is 0.700. The van der Waals surface area contributed by atoms with Gasteiger partial charge in [-0.2, -0.15) is 0 Å². The van der Waals surface area contributed by atoms with Crippen LogP contribution < -0.4 is 0 Å². The molecule has 0 aliphatic heterocycles. The minimum absolute atomic E-state index is 0.189. The van der Waals surface area contributed by atoms with Gasteiger partial charge in [0.15, 0.2) is 5.76 Å². The van der Waals surface area contributed by atoms with Crippen molar-refractivity contribution in [2.45, 2.75) is 27.1 Å². The molecular weight excluding hydrogens is 200 g/mol. The maximum absolute atomic E-state index is 10.5. The largest absolute Gasteiger partial charge is 0.493 e. The Labute approximate surface area is 89.6 Å². The first-order valence-corrected chi connectivity index (χ1v) is 4.96. The number of hydrogen-bond acceptors (Lipinski definition) is 4. The van der Waals surface area contributed by atoms with Gasteiger partial charge < -0.3 is 19.3 Å². The predicted octanol–water partition coefficient (Wildman–Crippen LogP) is 1.39. The Bertz CT molecular complexity index is 206. The van der Waals surface area contributed by atoms with Gasteiger partial charge in [-0.15, -0.1) is 0 Å². The second-order valence-electron chi connectivity index (χ2n) is 2.56. The summed E-state index contributed by atoms with van der Waals surface area (Å²) in [5.41, 5.74) is 0. The Balaban J connectivity index is 4.57. The molecule has 5 nitrogen and oxygen atoms in total. The van der Waals surface area contributed by atoms with Gasteiger partial charge in [-0.25, -0.2) is 4.79 Å². The lowest BCUT2D eigenvalue weighted by Crippen LogP contribution is -2.22. The third kappa shape index (κ3) is 6.09. The first-order valence-electron chi connectivity index (χ1n) is 4.96. The third-order valence-electron chi connectivity index (χ3n) is 1.45. The highest BCUT2D eigenvalue weighted by atomic mass is 16.7. The van der Waals surface area contributed by atoms with E-state index in [0.29, 0.717) is 19.8 Å². The van der Waals surface area contributed by atoms with Crippen molar-refractivity contribution in [2.24, 2.45) is 0 Å². The van der Waals surface area contributed by atoms with E-state index in [1.54, 1.807) is 20.8 Å². The van der Waals surface area contributed by atoms with Crippen LogP contribution in [0.15, 0.2) is 11.8 Å². The van der Waals surface area contributed by atoms with Crippen molar-refractivity contribution in [3.05, 3.63) is 11.8 Å². The van der Waals surface area contributed by atoms with E-state index in [4.69, 9.17) is 19.3 Å². The predicted molar refractivity (Wildman–Crippen MR) is 54.4 cm³/mol.